The van der Waals surface area contributed by atoms with Crippen LogP contribution >= 0.6 is 0 Å². The van der Waals surface area contributed by atoms with Gasteiger partial charge in [0.05, 0.1) is 14.2 Å². The third-order valence-corrected chi connectivity index (χ3v) is 3.90. The molecule has 124 valence electrons. The van der Waals surface area contributed by atoms with Gasteiger partial charge in [-0.15, -0.1) is 0 Å². The number of methoxy groups -OCH3 is 2. The van der Waals surface area contributed by atoms with Crippen molar-refractivity contribution in [2.24, 2.45) is 0 Å². The molecule has 1 heterocycles. The predicted molar refractivity (Wildman–Crippen MR) is 87.7 cm³/mol. The molecular formula is C18H17NO5. The van der Waals surface area contributed by atoms with Gasteiger partial charge in [0, 0.05) is 5.69 Å². The molecular weight excluding hydrogens is 310 g/mol. The van der Waals surface area contributed by atoms with E-state index < -0.39 is 12.1 Å². The minimum Gasteiger partial charge on any atom is -0.497 e. The number of hydrogen-bond acceptors (Lipinski definition) is 5. The molecule has 2 atom stereocenters. The fourth-order valence-corrected chi connectivity index (χ4v) is 2.58. The maximum Gasteiger partial charge on any atom is 0.271 e. The first kappa shape index (κ1) is 15.9. The van der Waals surface area contributed by atoms with E-state index in [1.54, 1.807) is 62.8 Å². The molecule has 1 fully saturated rings. The monoisotopic (exact) mass is 327 g/mol. The number of nitrogens with zero attached hydrogens (tertiary/aromatic N) is 1. The molecule has 0 bridgehead atoms. The summed E-state index contributed by atoms with van der Waals surface area (Å²) >= 11 is 0. The van der Waals surface area contributed by atoms with Crippen LogP contribution in [0, 0.1) is 0 Å². The van der Waals surface area contributed by atoms with Gasteiger partial charge in [0.25, 0.3) is 5.91 Å². The van der Waals surface area contributed by atoms with Crippen molar-refractivity contribution in [1.29, 1.82) is 0 Å². The van der Waals surface area contributed by atoms with E-state index in [0.717, 1.165) is 6.29 Å². The van der Waals surface area contributed by atoms with Crippen molar-refractivity contribution in [1.82, 2.24) is 0 Å². The van der Waals surface area contributed by atoms with Gasteiger partial charge in [-0.05, 0) is 48.5 Å². The van der Waals surface area contributed by atoms with Crippen LogP contribution in [0.5, 0.6) is 17.2 Å². The molecule has 6 heteroatoms. The quantitative estimate of drug-likeness (QED) is 0.600. The fourth-order valence-electron chi connectivity index (χ4n) is 2.58. The van der Waals surface area contributed by atoms with Crippen molar-refractivity contribution < 1.29 is 23.8 Å². The van der Waals surface area contributed by atoms with Crippen LogP contribution in [0.15, 0.2) is 48.5 Å². The van der Waals surface area contributed by atoms with Crippen molar-refractivity contribution in [3.05, 3.63) is 48.5 Å². The number of hydrogen-bond donors (Lipinski definition) is 0. The third kappa shape index (κ3) is 2.78. The van der Waals surface area contributed by atoms with Gasteiger partial charge in [-0.1, -0.05) is 0 Å². The van der Waals surface area contributed by atoms with Gasteiger partial charge < -0.3 is 19.0 Å². The molecule has 0 spiro atoms. The van der Waals surface area contributed by atoms with Crippen LogP contribution in [0.25, 0.3) is 0 Å². The van der Waals surface area contributed by atoms with Gasteiger partial charge in [0.1, 0.15) is 29.6 Å². The highest BCUT2D eigenvalue weighted by molar-refractivity contribution is 6.10. The van der Waals surface area contributed by atoms with E-state index in [9.17, 15) is 9.59 Å². The van der Waals surface area contributed by atoms with E-state index >= 15 is 0 Å². The van der Waals surface area contributed by atoms with Crippen LogP contribution in [0.2, 0.25) is 0 Å². The summed E-state index contributed by atoms with van der Waals surface area (Å²) in [5.41, 5.74) is 0.632. The summed E-state index contributed by atoms with van der Waals surface area (Å²) in [4.78, 5) is 25.2. The standard InChI is InChI=1S/C18H17NO5/c1-22-13-5-3-12(4-6-13)19-16(11-20)17(18(19)21)24-15-9-7-14(23-2)8-10-15/h3-11,16-17H,1-2H3/t16-,17+/m1/s1. The van der Waals surface area contributed by atoms with E-state index in [4.69, 9.17) is 14.2 Å². The van der Waals surface area contributed by atoms with E-state index in [1.807, 2.05) is 0 Å². The Morgan fingerprint density at radius 1 is 0.875 bits per heavy atom. The average molecular weight is 327 g/mol. The second kappa shape index (κ2) is 6.62. The minimum atomic E-state index is -0.821. The number of carbonyl (C=O) groups excluding carboxylic acids is 2. The number of rotatable bonds is 6. The molecule has 24 heavy (non-hydrogen) atoms. The molecule has 0 saturated carbocycles. The van der Waals surface area contributed by atoms with E-state index in [1.165, 1.54) is 4.90 Å². The van der Waals surface area contributed by atoms with Crippen LogP contribution < -0.4 is 19.1 Å². The Morgan fingerprint density at radius 2 is 1.38 bits per heavy atom. The molecule has 2 aromatic carbocycles. The smallest absolute Gasteiger partial charge is 0.271 e. The minimum absolute atomic E-state index is 0.256. The molecule has 2 aromatic rings. The maximum atomic E-state index is 12.4. The van der Waals surface area contributed by atoms with Crippen LogP contribution in [0.4, 0.5) is 5.69 Å². The lowest BCUT2D eigenvalue weighted by molar-refractivity contribution is -0.138. The number of amides is 1. The highest BCUT2D eigenvalue weighted by atomic mass is 16.5. The summed E-state index contributed by atoms with van der Waals surface area (Å²) in [5, 5.41) is 0. The summed E-state index contributed by atoms with van der Waals surface area (Å²) in [7, 11) is 3.14. The SMILES string of the molecule is COc1ccc(O[C@@H]2C(=O)N(c3ccc(OC)cc3)[C@@H]2C=O)cc1. The molecule has 1 amide bonds. The molecule has 6 nitrogen and oxygen atoms in total. The molecule has 1 saturated heterocycles. The molecule has 0 unspecified atom stereocenters. The van der Waals surface area contributed by atoms with Gasteiger partial charge in [0.15, 0.2) is 0 Å². The summed E-state index contributed by atoms with van der Waals surface area (Å²) in [5.74, 6) is 1.62. The highest BCUT2D eigenvalue weighted by Gasteiger charge is 2.50. The molecule has 0 aromatic heterocycles. The van der Waals surface area contributed by atoms with Crippen molar-refractivity contribution in [3.8, 4) is 17.2 Å². The number of β-lactam (4-membered cyclic amide) rings is 1. The number of benzene rings is 2. The number of anilines is 1. The van der Waals surface area contributed by atoms with E-state index in [0.29, 0.717) is 22.9 Å². The zero-order valence-corrected chi connectivity index (χ0v) is 13.3. The van der Waals surface area contributed by atoms with Gasteiger partial charge in [0.2, 0.25) is 6.10 Å². The van der Waals surface area contributed by atoms with Crippen LogP contribution in [0.3, 0.4) is 0 Å². The second-order valence-electron chi connectivity index (χ2n) is 5.25. The molecule has 3 rings (SSSR count). The lowest BCUT2D eigenvalue weighted by Gasteiger charge is -2.43. The average Bonchev–Trinajstić information content (AvgIpc) is 2.64. The van der Waals surface area contributed by atoms with Crippen molar-refractivity contribution in [2.75, 3.05) is 19.1 Å². The molecule has 1 aliphatic heterocycles. The van der Waals surface area contributed by atoms with Crippen molar-refractivity contribution in [3.63, 3.8) is 0 Å². The largest absolute Gasteiger partial charge is 0.497 e. The van der Waals surface area contributed by atoms with Gasteiger partial charge in [-0.2, -0.15) is 0 Å². The van der Waals surface area contributed by atoms with E-state index in [-0.39, 0.29) is 5.91 Å². The zero-order valence-electron chi connectivity index (χ0n) is 13.3. The molecule has 0 aliphatic carbocycles. The highest BCUT2D eigenvalue weighted by Crippen LogP contribution is 2.31. The lowest BCUT2D eigenvalue weighted by atomic mass is 9.97. The third-order valence-electron chi connectivity index (χ3n) is 3.90. The summed E-state index contributed by atoms with van der Waals surface area (Å²) < 4.78 is 15.8. The van der Waals surface area contributed by atoms with E-state index in [2.05, 4.69) is 0 Å². The maximum absolute atomic E-state index is 12.4. The lowest BCUT2D eigenvalue weighted by Crippen LogP contribution is -2.68. The Labute approximate surface area is 139 Å². The van der Waals surface area contributed by atoms with Crippen molar-refractivity contribution in [2.45, 2.75) is 12.1 Å². The van der Waals surface area contributed by atoms with Crippen LogP contribution in [-0.2, 0) is 9.59 Å². The van der Waals surface area contributed by atoms with Gasteiger partial charge in [-0.3, -0.25) is 9.69 Å². The second-order valence-corrected chi connectivity index (χ2v) is 5.25. The summed E-state index contributed by atoms with van der Waals surface area (Å²) in [6.45, 7) is 0. The topological polar surface area (TPSA) is 65.1 Å². The number of ether oxygens (including phenoxy) is 3. The Kier molecular flexibility index (Phi) is 4.37. The molecule has 1 aliphatic rings. The first-order valence-corrected chi connectivity index (χ1v) is 7.41. The number of carbonyl (C=O) groups is 2. The normalized spacial score (nSPS) is 19.4. The first-order valence-electron chi connectivity index (χ1n) is 7.41. The van der Waals surface area contributed by atoms with Crippen LogP contribution in [-0.4, -0.2) is 38.6 Å². The fraction of sp³-hybridized carbons (Fsp3) is 0.222. The Bertz CT molecular complexity index is 726. The first-order chi connectivity index (χ1) is 11.7. The summed E-state index contributed by atoms with van der Waals surface area (Å²) in [6.07, 6.45) is -0.0993. The summed E-state index contributed by atoms with van der Waals surface area (Å²) in [6, 6.07) is 13.1. The Morgan fingerprint density at radius 3 is 1.88 bits per heavy atom. The predicted octanol–water partition coefficient (Wildman–Crippen LogP) is 2.07. The van der Waals surface area contributed by atoms with Crippen LogP contribution in [0.1, 0.15) is 0 Å². The zero-order chi connectivity index (χ0) is 17.1. The van der Waals surface area contributed by atoms with Crippen molar-refractivity contribution >= 4 is 17.9 Å². The Balaban J connectivity index is 1.74. The van der Waals surface area contributed by atoms with Gasteiger partial charge >= 0.3 is 0 Å². The Hall–Kier alpha value is -3.02. The number of aldehydes is 1. The van der Waals surface area contributed by atoms with Gasteiger partial charge in [-0.25, -0.2) is 0 Å². The molecule has 0 radical (unpaired) electrons. The molecule has 0 N–H and O–H groups in total.